The zero-order chi connectivity index (χ0) is 9.56. The molecule has 12 heavy (non-hydrogen) atoms. The summed E-state index contributed by atoms with van der Waals surface area (Å²) in [5, 5.41) is 8.52. The number of hydrogen-bond acceptors (Lipinski definition) is 2. The zero-order valence-corrected chi connectivity index (χ0v) is 7.92. The maximum Gasteiger partial charge on any atom is 0.320 e. The third kappa shape index (κ3) is 4.34. The SMILES string of the molecule is CCC(CC)CC[C@@H](N)C(=O)O. The quantitative estimate of drug-likeness (QED) is 0.641. The van der Waals surface area contributed by atoms with Gasteiger partial charge in [0.15, 0.2) is 0 Å². The summed E-state index contributed by atoms with van der Waals surface area (Å²) >= 11 is 0. The van der Waals surface area contributed by atoms with Gasteiger partial charge in [0.05, 0.1) is 0 Å². The Labute approximate surface area is 74.0 Å². The second-order valence-corrected chi connectivity index (χ2v) is 3.20. The average molecular weight is 173 g/mol. The van der Waals surface area contributed by atoms with Crippen LogP contribution in [0.1, 0.15) is 39.5 Å². The van der Waals surface area contributed by atoms with Crippen LogP contribution >= 0.6 is 0 Å². The van der Waals surface area contributed by atoms with E-state index in [0.29, 0.717) is 12.3 Å². The molecule has 0 radical (unpaired) electrons. The van der Waals surface area contributed by atoms with E-state index in [1.54, 1.807) is 0 Å². The van der Waals surface area contributed by atoms with Gasteiger partial charge < -0.3 is 10.8 Å². The van der Waals surface area contributed by atoms with Crippen molar-refractivity contribution >= 4 is 5.97 Å². The number of aliphatic carboxylic acids is 1. The highest BCUT2D eigenvalue weighted by atomic mass is 16.4. The van der Waals surface area contributed by atoms with Crippen LogP contribution in [0.25, 0.3) is 0 Å². The van der Waals surface area contributed by atoms with Crippen molar-refractivity contribution in [1.82, 2.24) is 0 Å². The molecule has 0 amide bonds. The Kier molecular flexibility index (Phi) is 5.72. The van der Waals surface area contributed by atoms with Crippen molar-refractivity contribution in [3.05, 3.63) is 0 Å². The van der Waals surface area contributed by atoms with Crippen molar-refractivity contribution in [3.8, 4) is 0 Å². The minimum absolute atomic E-state index is 0.599. The van der Waals surface area contributed by atoms with E-state index in [9.17, 15) is 4.79 Å². The Morgan fingerprint density at radius 1 is 1.33 bits per heavy atom. The Bertz CT molecular complexity index is 132. The number of carboxylic acids is 1. The number of nitrogens with two attached hydrogens (primary N) is 1. The topological polar surface area (TPSA) is 63.3 Å². The molecule has 72 valence electrons. The summed E-state index contributed by atoms with van der Waals surface area (Å²) in [6, 6.07) is -0.675. The van der Waals surface area contributed by atoms with Crippen molar-refractivity contribution < 1.29 is 9.90 Å². The molecule has 0 aliphatic rings. The van der Waals surface area contributed by atoms with Crippen molar-refractivity contribution in [2.24, 2.45) is 11.7 Å². The van der Waals surface area contributed by atoms with Crippen molar-refractivity contribution in [1.29, 1.82) is 0 Å². The molecule has 0 saturated carbocycles. The Balaban J connectivity index is 3.58. The van der Waals surface area contributed by atoms with Crippen LogP contribution in [0.15, 0.2) is 0 Å². The van der Waals surface area contributed by atoms with E-state index in [2.05, 4.69) is 13.8 Å². The molecule has 3 heteroatoms. The Morgan fingerprint density at radius 3 is 2.17 bits per heavy atom. The zero-order valence-electron chi connectivity index (χ0n) is 7.92. The third-order valence-electron chi connectivity index (χ3n) is 2.36. The maximum atomic E-state index is 10.4. The number of hydrogen-bond donors (Lipinski definition) is 2. The molecule has 0 fully saturated rings. The number of rotatable bonds is 6. The summed E-state index contributed by atoms with van der Waals surface area (Å²) in [5.74, 6) is -0.253. The number of carbonyl (C=O) groups is 1. The molecule has 0 unspecified atom stereocenters. The summed E-state index contributed by atoms with van der Waals surface area (Å²) in [5.41, 5.74) is 5.37. The predicted molar refractivity (Wildman–Crippen MR) is 48.9 cm³/mol. The smallest absolute Gasteiger partial charge is 0.320 e. The molecular weight excluding hydrogens is 154 g/mol. The molecule has 0 aromatic rings. The second kappa shape index (κ2) is 6.00. The van der Waals surface area contributed by atoms with Crippen LogP contribution in [-0.4, -0.2) is 17.1 Å². The molecule has 0 aromatic carbocycles. The first kappa shape index (κ1) is 11.4. The monoisotopic (exact) mass is 173 g/mol. The van der Waals surface area contributed by atoms with E-state index < -0.39 is 12.0 Å². The highest BCUT2D eigenvalue weighted by Crippen LogP contribution is 2.15. The van der Waals surface area contributed by atoms with Crippen molar-refractivity contribution in [2.75, 3.05) is 0 Å². The van der Waals surface area contributed by atoms with Crippen LogP contribution < -0.4 is 5.73 Å². The molecule has 0 rings (SSSR count). The van der Waals surface area contributed by atoms with Gasteiger partial charge in [0.1, 0.15) is 6.04 Å². The van der Waals surface area contributed by atoms with Gasteiger partial charge in [0.2, 0.25) is 0 Å². The van der Waals surface area contributed by atoms with Gasteiger partial charge in [-0.05, 0) is 18.8 Å². The minimum Gasteiger partial charge on any atom is -0.480 e. The summed E-state index contributed by atoms with van der Waals surface area (Å²) < 4.78 is 0. The van der Waals surface area contributed by atoms with Gasteiger partial charge in [-0.2, -0.15) is 0 Å². The molecule has 3 N–H and O–H groups in total. The molecule has 0 aliphatic carbocycles. The van der Waals surface area contributed by atoms with Gasteiger partial charge in [0, 0.05) is 0 Å². The molecular formula is C9H19NO2. The summed E-state index contributed by atoms with van der Waals surface area (Å²) in [6.07, 6.45) is 3.76. The van der Waals surface area contributed by atoms with E-state index in [-0.39, 0.29) is 0 Å². The van der Waals surface area contributed by atoms with Crippen molar-refractivity contribution in [3.63, 3.8) is 0 Å². The Hall–Kier alpha value is -0.570. The van der Waals surface area contributed by atoms with Crippen LogP contribution in [0.4, 0.5) is 0 Å². The lowest BCUT2D eigenvalue weighted by Gasteiger charge is -2.13. The average Bonchev–Trinajstić information content (AvgIpc) is 2.05. The van der Waals surface area contributed by atoms with E-state index in [0.717, 1.165) is 19.3 Å². The highest BCUT2D eigenvalue weighted by Gasteiger charge is 2.13. The molecule has 0 aliphatic heterocycles. The first-order chi connectivity index (χ1) is 5.61. The summed E-state index contributed by atoms with van der Waals surface area (Å²) in [6.45, 7) is 4.25. The summed E-state index contributed by atoms with van der Waals surface area (Å²) in [7, 11) is 0. The second-order valence-electron chi connectivity index (χ2n) is 3.20. The lowest BCUT2D eigenvalue weighted by Crippen LogP contribution is -2.30. The van der Waals surface area contributed by atoms with Crippen LogP contribution in [0.5, 0.6) is 0 Å². The summed E-state index contributed by atoms with van der Waals surface area (Å²) in [4.78, 5) is 10.4. The van der Waals surface area contributed by atoms with Crippen LogP contribution in [0, 0.1) is 5.92 Å². The Morgan fingerprint density at radius 2 is 1.83 bits per heavy atom. The molecule has 0 bridgehead atoms. The first-order valence-electron chi connectivity index (χ1n) is 4.60. The molecule has 1 atom stereocenters. The predicted octanol–water partition coefficient (Wildman–Crippen LogP) is 1.61. The molecule has 3 nitrogen and oxygen atoms in total. The van der Waals surface area contributed by atoms with E-state index in [1.165, 1.54) is 0 Å². The molecule has 0 heterocycles. The largest absolute Gasteiger partial charge is 0.480 e. The normalized spacial score (nSPS) is 13.3. The first-order valence-corrected chi connectivity index (χ1v) is 4.60. The van der Waals surface area contributed by atoms with Gasteiger partial charge in [0.25, 0.3) is 0 Å². The molecule has 0 aromatic heterocycles. The van der Waals surface area contributed by atoms with Crippen LogP contribution in [-0.2, 0) is 4.79 Å². The van der Waals surface area contributed by atoms with Gasteiger partial charge in [-0.15, -0.1) is 0 Å². The molecule has 0 spiro atoms. The van der Waals surface area contributed by atoms with Gasteiger partial charge >= 0.3 is 5.97 Å². The fourth-order valence-electron chi connectivity index (χ4n) is 1.24. The fraction of sp³-hybridized carbons (Fsp3) is 0.889. The van der Waals surface area contributed by atoms with E-state index in [1.807, 2.05) is 0 Å². The van der Waals surface area contributed by atoms with Gasteiger partial charge in [-0.3, -0.25) is 4.79 Å². The standard InChI is InChI=1S/C9H19NO2/c1-3-7(4-2)5-6-8(10)9(11)12/h7-8H,3-6,10H2,1-2H3,(H,11,12)/t8-/m1/s1. The van der Waals surface area contributed by atoms with Gasteiger partial charge in [-0.25, -0.2) is 0 Å². The van der Waals surface area contributed by atoms with Crippen LogP contribution in [0.2, 0.25) is 0 Å². The van der Waals surface area contributed by atoms with Crippen LogP contribution in [0.3, 0.4) is 0 Å². The lowest BCUT2D eigenvalue weighted by atomic mass is 9.95. The fourth-order valence-corrected chi connectivity index (χ4v) is 1.24. The van der Waals surface area contributed by atoms with Gasteiger partial charge in [-0.1, -0.05) is 26.7 Å². The lowest BCUT2D eigenvalue weighted by molar-refractivity contribution is -0.138. The van der Waals surface area contributed by atoms with E-state index in [4.69, 9.17) is 10.8 Å². The highest BCUT2D eigenvalue weighted by molar-refractivity contribution is 5.72. The van der Waals surface area contributed by atoms with Crippen molar-refractivity contribution in [2.45, 2.75) is 45.6 Å². The molecule has 0 saturated heterocycles. The minimum atomic E-state index is -0.888. The number of carboxylic acid groups (broad SMARTS) is 1. The van der Waals surface area contributed by atoms with E-state index >= 15 is 0 Å². The third-order valence-corrected chi connectivity index (χ3v) is 2.36. The maximum absolute atomic E-state index is 10.4.